The summed E-state index contributed by atoms with van der Waals surface area (Å²) in [5.41, 5.74) is 4.04. The summed E-state index contributed by atoms with van der Waals surface area (Å²) < 4.78 is 43.6. The van der Waals surface area contributed by atoms with E-state index in [1.807, 2.05) is 48.5 Å². The molecule has 3 atom stereocenters. The molecule has 0 unspecified atom stereocenters. The van der Waals surface area contributed by atoms with Crippen molar-refractivity contribution in [3.8, 4) is 11.5 Å². The van der Waals surface area contributed by atoms with Gasteiger partial charge in [-0.1, -0.05) is 48.5 Å². The molecule has 0 spiro atoms. The van der Waals surface area contributed by atoms with Crippen LogP contribution in [0, 0.1) is 0 Å². The summed E-state index contributed by atoms with van der Waals surface area (Å²) in [5, 5.41) is 4.22. The number of aryl methyl sites for hydroxylation is 1. The van der Waals surface area contributed by atoms with Gasteiger partial charge in [-0.25, -0.2) is 9.78 Å². The summed E-state index contributed by atoms with van der Waals surface area (Å²) in [4.78, 5) is 21.8. The maximum Gasteiger partial charge on any atom is 0.410 e. The van der Waals surface area contributed by atoms with Crippen LogP contribution >= 0.6 is 0 Å². The minimum Gasteiger partial charge on any atom is -0.494 e. The first kappa shape index (κ1) is 39.0. The number of methoxy groups -OCH3 is 2. The second-order valence-electron chi connectivity index (χ2n) is 13.5. The molecular formula is C41H53N5O8. The molecule has 0 N–H and O–H groups in total. The number of nitrogens with zero attached hydrogens (tertiary/aromatic N) is 5. The van der Waals surface area contributed by atoms with Gasteiger partial charge in [-0.15, -0.1) is 0 Å². The number of anilines is 1. The Kier molecular flexibility index (Phi) is 14.9. The van der Waals surface area contributed by atoms with Crippen molar-refractivity contribution in [2.45, 2.75) is 57.1 Å². The van der Waals surface area contributed by atoms with Gasteiger partial charge in [0.05, 0.1) is 50.7 Å². The van der Waals surface area contributed by atoms with Crippen LogP contribution in [0.25, 0.3) is 0 Å². The van der Waals surface area contributed by atoms with Crippen LogP contribution in [0.15, 0.2) is 85.5 Å². The lowest BCUT2D eigenvalue weighted by molar-refractivity contribution is -0.0923. The van der Waals surface area contributed by atoms with Crippen LogP contribution in [0.3, 0.4) is 0 Å². The largest absolute Gasteiger partial charge is 0.494 e. The van der Waals surface area contributed by atoms with Gasteiger partial charge < -0.3 is 43.0 Å². The summed E-state index contributed by atoms with van der Waals surface area (Å²) in [6.45, 7) is 6.58. The van der Waals surface area contributed by atoms with E-state index in [1.54, 1.807) is 30.1 Å². The second-order valence-corrected chi connectivity index (χ2v) is 13.5. The zero-order chi connectivity index (χ0) is 37.4. The van der Waals surface area contributed by atoms with Gasteiger partial charge >= 0.3 is 6.09 Å². The molecular weight excluding hydrogens is 690 g/mol. The molecule has 1 amide bonds. The number of hydrogen-bond donors (Lipinski definition) is 0. The lowest BCUT2D eigenvalue weighted by Crippen LogP contribution is -2.54. The molecule has 54 heavy (non-hydrogen) atoms. The molecule has 0 bridgehead atoms. The van der Waals surface area contributed by atoms with Gasteiger partial charge in [-0.3, -0.25) is 4.68 Å². The highest BCUT2D eigenvalue weighted by molar-refractivity contribution is 5.68. The first-order valence-electron chi connectivity index (χ1n) is 18.8. The van der Waals surface area contributed by atoms with Crippen molar-refractivity contribution in [2.24, 2.45) is 0 Å². The third-order valence-corrected chi connectivity index (χ3v) is 9.65. The van der Waals surface area contributed by atoms with Crippen LogP contribution < -0.4 is 14.4 Å². The first-order chi connectivity index (χ1) is 26.6. The van der Waals surface area contributed by atoms with Crippen LogP contribution in [0.5, 0.6) is 11.5 Å². The Morgan fingerprint density at radius 3 is 2.37 bits per heavy atom. The van der Waals surface area contributed by atoms with E-state index in [-0.39, 0.29) is 18.6 Å². The summed E-state index contributed by atoms with van der Waals surface area (Å²) in [5.74, 6) is 1.48. The molecule has 290 valence electrons. The topological polar surface area (TPSA) is 119 Å². The van der Waals surface area contributed by atoms with Crippen molar-refractivity contribution < 1.29 is 38.0 Å². The van der Waals surface area contributed by atoms with Crippen molar-refractivity contribution in [3.05, 3.63) is 102 Å². The lowest BCUT2D eigenvalue weighted by atomic mass is 9.84. The SMILES string of the molecule is COCCCOc1ccc([C@@H]2[C@@H](OCc3ccc4c(c3)N(CCCOC)CCO4)CN(C(=O)OCc3ccccc3)C[C@H]2OCCCn2cncn2)cc1. The number of carbonyl (C=O) groups is 1. The molecule has 3 aromatic carbocycles. The highest BCUT2D eigenvalue weighted by Gasteiger charge is 2.41. The fourth-order valence-electron chi connectivity index (χ4n) is 6.91. The fraction of sp³-hybridized carbons (Fsp3) is 0.488. The van der Waals surface area contributed by atoms with Gasteiger partial charge in [0, 0.05) is 59.5 Å². The average Bonchev–Trinajstić information content (AvgIpc) is 3.74. The number of carbonyl (C=O) groups excluding carboxylic acids is 1. The van der Waals surface area contributed by atoms with Crippen molar-refractivity contribution in [2.75, 3.05) is 78.3 Å². The maximum absolute atomic E-state index is 13.7. The van der Waals surface area contributed by atoms with E-state index in [2.05, 4.69) is 39.2 Å². The second kappa shape index (κ2) is 20.7. The normalized spacial score (nSPS) is 18.2. The highest BCUT2D eigenvalue weighted by Crippen LogP contribution is 2.36. The smallest absolute Gasteiger partial charge is 0.410 e. The third-order valence-electron chi connectivity index (χ3n) is 9.65. The zero-order valence-electron chi connectivity index (χ0n) is 31.4. The molecule has 1 fully saturated rings. The number of ether oxygens (including phenoxy) is 7. The predicted octanol–water partition coefficient (Wildman–Crippen LogP) is 5.73. The van der Waals surface area contributed by atoms with E-state index in [4.69, 9.17) is 33.2 Å². The zero-order valence-corrected chi connectivity index (χ0v) is 31.4. The predicted molar refractivity (Wildman–Crippen MR) is 203 cm³/mol. The van der Waals surface area contributed by atoms with E-state index < -0.39 is 12.2 Å². The van der Waals surface area contributed by atoms with Crippen LogP contribution in [0.1, 0.15) is 41.9 Å². The van der Waals surface area contributed by atoms with Crippen molar-refractivity contribution in [3.63, 3.8) is 0 Å². The Balaban J connectivity index is 1.22. The Labute approximate surface area is 318 Å². The van der Waals surface area contributed by atoms with E-state index in [0.29, 0.717) is 59.3 Å². The standard InChI is InChI=1S/C41H53N5O8/c1-48-20-6-17-44-19-24-52-37-16-11-33(25-36(37)44)29-53-39-27-45(41(47)54-28-32-9-4-3-5-10-32)26-38(51-22-7-18-46-31-42-30-43-46)40(39)34-12-14-35(15-13-34)50-23-8-21-49-2/h3-5,9-16,25,30-31,38-40H,6-8,17-24,26-29H2,1-2H3/t38-,39+,40+/m1/s1. The lowest BCUT2D eigenvalue weighted by Gasteiger charge is -2.43. The number of aromatic nitrogens is 3. The molecule has 1 saturated heterocycles. The van der Waals surface area contributed by atoms with Gasteiger partial charge in [0.15, 0.2) is 0 Å². The fourth-order valence-corrected chi connectivity index (χ4v) is 6.91. The Morgan fingerprint density at radius 2 is 1.59 bits per heavy atom. The molecule has 0 aliphatic carbocycles. The molecule has 2 aliphatic rings. The molecule has 6 rings (SSSR count). The van der Waals surface area contributed by atoms with Crippen LogP contribution in [-0.4, -0.2) is 111 Å². The molecule has 3 heterocycles. The van der Waals surface area contributed by atoms with E-state index in [1.165, 1.54) is 6.33 Å². The average molecular weight is 744 g/mol. The Hall–Kier alpha value is -4.69. The minimum atomic E-state index is -0.403. The maximum atomic E-state index is 13.7. The Bertz CT molecular complexity index is 1680. The van der Waals surface area contributed by atoms with Crippen molar-refractivity contribution in [1.82, 2.24) is 19.7 Å². The van der Waals surface area contributed by atoms with E-state index in [0.717, 1.165) is 66.2 Å². The molecule has 0 radical (unpaired) electrons. The number of likely N-dealkylation sites (tertiary alicyclic amines) is 1. The highest BCUT2D eigenvalue weighted by atomic mass is 16.6. The third kappa shape index (κ3) is 11.2. The van der Waals surface area contributed by atoms with E-state index in [9.17, 15) is 4.79 Å². The number of piperidine rings is 1. The molecule has 0 saturated carbocycles. The molecule has 13 heteroatoms. The minimum absolute atomic E-state index is 0.177. The number of fused-ring (bicyclic) bond motifs is 1. The molecule has 13 nitrogen and oxygen atoms in total. The van der Waals surface area contributed by atoms with Gasteiger partial charge in [-0.05, 0) is 53.8 Å². The number of amides is 1. The Morgan fingerprint density at radius 1 is 0.815 bits per heavy atom. The summed E-state index contributed by atoms with van der Waals surface area (Å²) in [6, 6.07) is 24.1. The van der Waals surface area contributed by atoms with Gasteiger partial charge in [0.25, 0.3) is 0 Å². The van der Waals surface area contributed by atoms with Crippen LogP contribution in [-0.2, 0) is 43.4 Å². The van der Waals surface area contributed by atoms with Gasteiger partial charge in [0.2, 0.25) is 0 Å². The number of rotatable bonds is 20. The molecule has 1 aromatic heterocycles. The van der Waals surface area contributed by atoms with E-state index >= 15 is 0 Å². The van der Waals surface area contributed by atoms with Crippen LogP contribution in [0.2, 0.25) is 0 Å². The van der Waals surface area contributed by atoms with Crippen molar-refractivity contribution >= 4 is 11.8 Å². The number of hydrogen-bond acceptors (Lipinski definition) is 11. The first-order valence-corrected chi connectivity index (χ1v) is 18.8. The summed E-state index contributed by atoms with van der Waals surface area (Å²) in [7, 11) is 3.42. The quantitative estimate of drug-likeness (QED) is 0.103. The van der Waals surface area contributed by atoms with Crippen molar-refractivity contribution in [1.29, 1.82) is 0 Å². The summed E-state index contributed by atoms with van der Waals surface area (Å²) in [6.07, 6.45) is 4.50. The molecule has 4 aromatic rings. The van der Waals surface area contributed by atoms with Gasteiger partial charge in [0.1, 0.15) is 37.4 Å². The summed E-state index contributed by atoms with van der Waals surface area (Å²) >= 11 is 0. The van der Waals surface area contributed by atoms with Gasteiger partial charge in [-0.2, -0.15) is 5.10 Å². The molecule has 2 aliphatic heterocycles. The monoisotopic (exact) mass is 743 g/mol. The number of benzene rings is 3. The van der Waals surface area contributed by atoms with Crippen LogP contribution in [0.4, 0.5) is 10.5 Å².